The van der Waals surface area contributed by atoms with E-state index in [0.717, 1.165) is 32.6 Å². The van der Waals surface area contributed by atoms with E-state index in [1.165, 1.54) is 0 Å². The molecule has 3 heterocycles. The van der Waals surface area contributed by atoms with Crippen molar-refractivity contribution >= 4 is 6.47 Å². The lowest BCUT2D eigenvalue weighted by Gasteiger charge is -2.14. The van der Waals surface area contributed by atoms with Gasteiger partial charge >= 0.3 is 0 Å². The van der Waals surface area contributed by atoms with Crippen LogP contribution in [0.2, 0.25) is 0 Å². The van der Waals surface area contributed by atoms with Crippen molar-refractivity contribution in [3.63, 3.8) is 0 Å². The molecule has 22 heavy (non-hydrogen) atoms. The zero-order valence-corrected chi connectivity index (χ0v) is 13.9. The number of morpholine rings is 1. The summed E-state index contributed by atoms with van der Waals surface area (Å²) in [5, 5.41) is 15.5. The number of allylic oxidation sites excluding steroid dienone is 1. The normalized spacial score (nSPS) is 31.8. The molecule has 3 aliphatic heterocycles. The highest BCUT2D eigenvalue weighted by Gasteiger charge is 2.42. The summed E-state index contributed by atoms with van der Waals surface area (Å²) in [4.78, 5) is 9.60. The van der Waals surface area contributed by atoms with E-state index in [9.17, 15) is 9.90 Å². The van der Waals surface area contributed by atoms with Crippen LogP contribution in [0, 0.1) is 5.92 Å². The molecular formula is C16H30N2O4. The van der Waals surface area contributed by atoms with E-state index in [1.54, 1.807) is 0 Å². The van der Waals surface area contributed by atoms with Crippen LogP contribution in [0.3, 0.4) is 0 Å². The Labute approximate surface area is 133 Å². The predicted octanol–water partition coefficient (Wildman–Crippen LogP) is 0.458. The van der Waals surface area contributed by atoms with Crippen LogP contribution in [0.25, 0.3) is 0 Å². The Bertz CT molecular complexity index is 336. The number of ether oxygens (including phenoxy) is 2. The van der Waals surface area contributed by atoms with E-state index in [2.05, 4.69) is 21.9 Å². The van der Waals surface area contributed by atoms with E-state index in [4.69, 9.17) is 4.74 Å². The Kier molecular flexibility index (Phi) is 8.03. The van der Waals surface area contributed by atoms with Crippen LogP contribution < -0.4 is 10.6 Å². The Morgan fingerprint density at radius 2 is 1.82 bits per heavy atom. The molecule has 0 aromatic rings. The van der Waals surface area contributed by atoms with Crippen molar-refractivity contribution in [1.82, 2.24) is 10.6 Å². The van der Waals surface area contributed by atoms with Gasteiger partial charge in [-0.15, -0.1) is 6.58 Å². The number of nitrogens with one attached hydrogen (secondary N) is 2. The van der Waals surface area contributed by atoms with Gasteiger partial charge in [-0.1, -0.05) is 6.08 Å². The quantitative estimate of drug-likeness (QED) is 0.399. The number of carbonyl (C=O) groups is 1. The van der Waals surface area contributed by atoms with Crippen molar-refractivity contribution in [1.29, 1.82) is 0 Å². The number of fused-ring (bicyclic) bond motifs is 1. The third-order valence-corrected chi connectivity index (χ3v) is 3.55. The highest BCUT2D eigenvalue weighted by atomic mass is 16.6. The summed E-state index contributed by atoms with van der Waals surface area (Å²) in [5.74, 6) is 0.405. The maximum absolute atomic E-state index is 9.60. The van der Waals surface area contributed by atoms with Crippen molar-refractivity contribution in [2.45, 2.75) is 51.1 Å². The van der Waals surface area contributed by atoms with Crippen molar-refractivity contribution in [3.05, 3.63) is 12.7 Å². The minimum absolute atomic E-state index is 0.150. The van der Waals surface area contributed by atoms with Gasteiger partial charge in [0.2, 0.25) is 0 Å². The average Bonchev–Trinajstić information content (AvgIpc) is 2.81. The fourth-order valence-electron chi connectivity index (χ4n) is 2.22. The molecule has 0 saturated carbocycles. The van der Waals surface area contributed by atoms with Gasteiger partial charge in [-0.3, -0.25) is 4.79 Å². The SMILES string of the molecule is C1NCC2OC12.C=CCC1CNCC1O.CC(C)(C)OC=O. The van der Waals surface area contributed by atoms with Gasteiger partial charge in [0.05, 0.1) is 18.3 Å². The molecule has 0 aromatic carbocycles. The smallest absolute Gasteiger partial charge is 0.293 e. The van der Waals surface area contributed by atoms with Gasteiger partial charge in [-0.2, -0.15) is 0 Å². The molecule has 6 heteroatoms. The number of rotatable bonds is 3. The molecule has 0 aromatic heterocycles. The molecule has 4 atom stereocenters. The van der Waals surface area contributed by atoms with Gasteiger partial charge in [-0.05, 0) is 27.2 Å². The van der Waals surface area contributed by atoms with Gasteiger partial charge in [0.25, 0.3) is 6.47 Å². The number of hydrogen-bond acceptors (Lipinski definition) is 6. The van der Waals surface area contributed by atoms with Crippen LogP contribution in [-0.2, 0) is 14.3 Å². The second-order valence-electron chi connectivity index (χ2n) is 6.71. The van der Waals surface area contributed by atoms with E-state index < -0.39 is 0 Å². The van der Waals surface area contributed by atoms with Crippen molar-refractivity contribution in [2.24, 2.45) is 5.92 Å². The van der Waals surface area contributed by atoms with Gasteiger partial charge in [0.1, 0.15) is 5.60 Å². The zero-order chi connectivity index (χ0) is 16.6. The van der Waals surface area contributed by atoms with Crippen LogP contribution in [0.4, 0.5) is 0 Å². The molecule has 4 unspecified atom stereocenters. The molecule has 3 aliphatic rings. The summed E-state index contributed by atoms with van der Waals surface area (Å²) in [5.41, 5.74) is -0.318. The molecular weight excluding hydrogens is 284 g/mol. The second kappa shape index (κ2) is 9.25. The summed E-state index contributed by atoms with van der Waals surface area (Å²) >= 11 is 0. The van der Waals surface area contributed by atoms with E-state index >= 15 is 0 Å². The van der Waals surface area contributed by atoms with E-state index in [0.29, 0.717) is 24.6 Å². The van der Waals surface area contributed by atoms with Gasteiger partial charge in [-0.25, -0.2) is 0 Å². The number of epoxide rings is 1. The summed E-state index contributed by atoms with van der Waals surface area (Å²) in [6, 6.07) is 0. The summed E-state index contributed by atoms with van der Waals surface area (Å²) < 4.78 is 9.64. The van der Waals surface area contributed by atoms with E-state index in [-0.39, 0.29) is 11.7 Å². The molecule has 0 spiro atoms. The number of aliphatic hydroxyl groups is 1. The Morgan fingerprint density at radius 1 is 1.23 bits per heavy atom. The van der Waals surface area contributed by atoms with Crippen LogP contribution in [-0.4, -0.2) is 61.7 Å². The topological polar surface area (TPSA) is 83.1 Å². The van der Waals surface area contributed by atoms with Gasteiger partial charge in [0.15, 0.2) is 0 Å². The lowest BCUT2D eigenvalue weighted by molar-refractivity contribution is -0.138. The Balaban J connectivity index is 0.000000168. The molecule has 0 bridgehead atoms. The molecule has 128 valence electrons. The van der Waals surface area contributed by atoms with E-state index in [1.807, 2.05) is 26.8 Å². The highest BCUT2D eigenvalue weighted by Crippen LogP contribution is 2.24. The van der Waals surface area contributed by atoms with Gasteiger partial charge < -0.3 is 25.2 Å². The average molecular weight is 314 g/mol. The largest absolute Gasteiger partial charge is 0.462 e. The number of β-amino-alcohol motifs (C(OH)–C–C–N with tert-alkyl or cyclic N) is 1. The van der Waals surface area contributed by atoms with Crippen LogP contribution in [0.15, 0.2) is 12.7 Å². The Morgan fingerprint density at radius 3 is 2.05 bits per heavy atom. The second-order valence-corrected chi connectivity index (χ2v) is 6.71. The minimum Gasteiger partial charge on any atom is -0.462 e. The molecule has 3 saturated heterocycles. The third kappa shape index (κ3) is 7.89. The van der Waals surface area contributed by atoms with Crippen LogP contribution in [0.1, 0.15) is 27.2 Å². The summed E-state index contributed by atoms with van der Waals surface area (Å²) in [6.07, 6.45) is 3.84. The fourth-order valence-corrected chi connectivity index (χ4v) is 2.22. The minimum atomic E-state index is -0.318. The monoisotopic (exact) mass is 314 g/mol. The van der Waals surface area contributed by atoms with Gasteiger partial charge in [0, 0.05) is 32.1 Å². The molecule has 3 fully saturated rings. The lowest BCUT2D eigenvalue weighted by Crippen LogP contribution is -2.17. The zero-order valence-electron chi connectivity index (χ0n) is 13.9. The predicted molar refractivity (Wildman–Crippen MR) is 85.6 cm³/mol. The molecule has 0 aliphatic carbocycles. The van der Waals surface area contributed by atoms with Crippen molar-refractivity contribution < 1.29 is 19.4 Å². The third-order valence-electron chi connectivity index (χ3n) is 3.55. The van der Waals surface area contributed by atoms with Crippen molar-refractivity contribution in [3.8, 4) is 0 Å². The number of carbonyl (C=O) groups excluding carboxylic acids is 1. The first-order valence-corrected chi connectivity index (χ1v) is 7.84. The lowest BCUT2D eigenvalue weighted by atomic mass is 10.0. The molecule has 0 radical (unpaired) electrons. The molecule has 3 rings (SSSR count). The first kappa shape index (κ1) is 19.1. The first-order valence-electron chi connectivity index (χ1n) is 7.84. The highest BCUT2D eigenvalue weighted by molar-refractivity contribution is 5.37. The molecule has 0 amide bonds. The van der Waals surface area contributed by atoms with Crippen LogP contribution >= 0.6 is 0 Å². The summed E-state index contributed by atoms with van der Waals surface area (Å²) in [7, 11) is 0. The maximum atomic E-state index is 9.60. The first-order chi connectivity index (χ1) is 10.4. The molecule has 3 N–H and O–H groups in total. The summed E-state index contributed by atoms with van der Waals surface area (Å²) in [6.45, 7) is 13.4. The van der Waals surface area contributed by atoms with Crippen molar-refractivity contribution in [2.75, 3.05) is 26.2 Å². The molecule has 6 nitrogen and oxygen atoms in total. The number of hydrogen-bond donors (Lipinski definition) is 3. The van der Waals surface area contributed by atoms with Crippen LogP contribution in [0.5, 0.6) is 0 Å². The standard InChI is InChI=1S/C7H13NO.C5H10O2.C4H7NO/c1-2-3-6-4-8-5-7(6)9;1-5(2,3)7-4-6;1-3-4(6-3)2-5-1/h2,6-9H,1,3-5H2;4H,1-3H3;3-5H,1-2H2. The number of aliphatic hydroxyl groups excluding tert-OH is 1. The Hall–Kier alpha value is -0.950. The maximum Gasteiger partial charge on any atom is 0.293 e. The fraction of sp³-hybridized carbons (Fsp3) is 0.812.